The molecule has 2 N–H and O–H groups in total. The van der Waals surface area contributed by atoms with Crippen molar-refractivity contribution in [3.8, 4) is 0 Å². The highest BCUT2D eigenvalue weighted by Crippen LogP contribution is 2.27. The van der Waals surface area contributed by atoms with Gasteiger partial charge in [-0.15, -0.1) is 0 Å². The Morgan fingerprint density at radius 1 is 1.61 bits per heavy atom. The smallest absolute Gasteiger partial charge is 0.274 e. The summed E-state index contributed by atoms with van der Waals surface area (Å²) >= 11 is 0. The Morgan fingerprint density at radius 3 is 2.94 bits per heavy atom. The van der Waals surface area contributed by atoms with E-state index in [1.807, 2.05) is 7.05 Å². The van der Waals surface area contributed by atoms with Crippen molar-refractivity contribution in [2.45, 2.75) is 32.4 Å². The zero-order valence-electron chi connectivity index (χ0n) is 10.5. The molecule has 1 aliphatic rings. The Hall–Kier alpha value is -1.46. The summed E-state index contributed by atoms with van der Waals surface area (Å²) in [5, 5.41) is 8.58. The minimum absolute atomic E-state index is 0.150. The normalized spacial score (nSPS) is 19.4. The van der Waals surface area contributed by atoms with E-state index in [1.54, 1.807) is 6.07 Å². The van der Waals surface area contributed by atoms with Gasteiger partial charge in [-0.05, 0) is 43.1 Å². The maximum Gasteiger partial charge on any atom is 0.274 e. The maximum absolute atomic E-state index is 14.0. The van der Waals surface area contributed by atoms with E-state index in [4.69, 9.17) is 5.21 Å². The quantitative estimate of drug-likeness (QED) is 0.622. The predicted octanol–water partition coefficient (Wildman–Crippen LogP) is 1.71. The van der Waals surface area contributed by atoms with Crippen LogP contribution >= 0.6 is 0 Å². The first-order chi connectivity index (χ1) is 8.56. The molecular weight excluding hydrogens is 235 g/mol. The Balaban J connectivity index is 2.40. The third-order valence-corrected chi connectivity index (χ3v) is 3.61. The van der Waals surface area contributed by atoms with Gasteiger partial charge in [-0.2, -0.15) is 0 Å². The largest absolute Gasteiger partial charge is 0.299 e. The van der Waals surface area contributed by atoms with Gasteiger partial charge in [0.25, 0.3) is 5.91 Å². The molecule has 18 heavy (non-hydrogen) atoms. The van der Waals surface area contributed by atoms with E-state index in [9.17, 15) is 9.18 Å². The first kappa shape index (κ1) is 13.0. The summed E-state index contributed by atoms with van der Waals surface area (Å²) in [7, 11) is 1.99. The molecule has 0 bridgehead atoms. The molecule has 0 aromatic heterocycles. The maximum atomic E-state index is 14.0. The number of nitrogens with one attached hydrogen (secondary N) is 1. The zero-order valence-corrected chi connectivity index (χ0v) is 10.5. The summed E-state index contributed by atoms with van der Waals surface area (Å²) in [5.41, 5.74) is 3.19. The molecule has 1 unspecified atom stereocenters. The van der Waals surface area contributed by atoms with Crippen LogP contribution in [0.4, 0.5) is 4.39 Å². The van der Waals surface area contributed by atoms with E-state index in [-0.39, 0.29) is 11.4 Å². The monoisotopic (exact) mass is 252 g/mol. The Labute approximate surface area is 105 Å². The van der Waals surface area contributed by atoms with Crippen molar-refractivity contribution in [2.24, 2.45) is 0 Å². The van der Waals surface area contributed by atoms with E-state index in [0.29, 0.717) is 24.6 Å². The second-order valence-electron chi connectivity index (χ2n) is 4.72. The molecule has 0 spiro atoms. The summed E-state index contributed by atoms with van der Waals surface area (Å²) in [6.45, 7) is 2.70. The van der Waals surface area contributed by atoms with Crippen molar-refractivity contribution in [2.75, 3.05) is 7.05 Å². The van der Waals surface area contributed by atoms with Gasteiger partial charge in [-0.3, -0.25) is 14.9 Å². The van der Waals surface area contributed by atoms with Crippen LogP contribution in [0.25, 0.3) is 0 Å². The van der Waals surface area contributed by atoms with E-state index in [2.05, 4.69) is 11.8 Å². The number of hydrogen-bond acceptors (Lipinski definition) is 3. The molecule has 1 amide bonds. The van der Waals surface area contributed by atoms with E-state index in [1.165, 1.54) is 11.5 Å². The molecule has 0 radical (unpaired) electrons. The number of benzene rings is 1. The van der Waals surface area contributed by atoms with Gasteiger partial charge in [0.05, 0.1) is 0 Å². The highest BCUT2D eigenvalue weighted by Gasteiger charge is 2.25. The molecule has 1 atom stereocenters. The second-order valence-corrected chi connectivity index (χ2v) is 4.72. The van der Waals surface area contributed by atoms with Crippen LogP contribution in [-0.2, 0) is 13.0 Å². The molecule has 1 aromatic carbocycles. The van der Waals surface area contributed by atoms with Crippen molar-refractivity contribution < 1.29 is 14.4 Å². The fraction of sp³-hybridized carbons (Fsp3) is 0.462. The first-order valence-electron chi connectivity index (χ1n) is 6.02. The molecule has 4 nitrogen and oxygen atoms in total. The summed E-state index contributed by atoms with van der Waals surface area (Å²) in [4.78, 5) is 13.5. The molecule has 2 rings (SSSR count). The molecule has 0 aliphatic carbocycles. The third-order valence-electron chi connectivity index (χ3n) is 3.61. The molecule has 5 heteroatoms. The number of nitrogens with zero attached hydrogens (tertiary/aromatic N) is 1. The Kier molecular flexibility index (Phi) is 3.63. The van der Waals surface area contributed by atoms with Crippen LogP contribution in [-0.4, -0.2) is 29.1 Å². The summed E-state index contributed by atoms with van der Waals surface area (Å²) in [6, 6.07) is 3.17. The van der Waals surface area contributed by atoms with Gasteiger partial charge >= 0.3 is 0 Å². The molecule has 1 heterocycles. The average Bonchev–Trinajstić information content (AvgIpc) is 2.36. The van der Waals surface area contributed by atoms with E-state index < -0.39 is 5.91 Å². The number of halogens is 1. The fourth-order valence-electron chi connectivity index (χ4n) is 2.50. The Bertz CT molecular complexity index is 476. The van der Waals surface area contributed by atoms with Crippen molar-refractivity contribution in [1.29, 1.82) is 0 Å². The van der Waals surface area contributed by atoms with Gasteiger partial charge in [0, 0.05) is 18.2 Å². The highest BCUT2D eigenvalue weighted by atomic mass is 19.1. The standard InChI is InChI=1S/C13H17FN2O2/c1-3-10-6-11-9(7-16(10)2)4-8(5-12(11)14)13(17)15-18/h4-5,10,18H,3,6-7H2,1-2H3,(H,15,17). The van der Waals surface area contributed by atoms with Gasteiger partial charge in [-0.1, -0.05) is 6.92 Å². The lowest BCUT2D eigenvalue weighted by atomic mass is 9.91. The molecule has 0 saturated carbocycles. The number of likely N-dealkylation sites (N-methyl/N-ethyl adjacent to an activating group) is 1. The van der Waals surface area contributed by atoms with Gasteiger partial charge < -0.3 is 0 Å². The van der Waals surface area contributed by atoms with E-state index in [0.717, 1.165) is 12.0 Å². The SMILES string of the molecule is CCC1Cc2c(F)cc(C(=O)NO)cc2CN1C. The van der Waals surface area contributed by atoms with Crippen molar-refractivity contribution >= 4 is 5.91 Å². The van der Waals surface area contributed by atoms with Crippen LogP contribution in [0, 0.1) is 5.82 Å². The number of amides is 1. The lowest BCUT2D eigenvalue weighted by Crippen LogP contribution is -2.37. The molecule has 1 aliphatic heterocycles. The number of fused-ring (bicyclic) bond motifs is 1. The first-order valence-corrected chi connectivity index (χ1v) is 6.02. The summed E-state index contributed by atoms with van der Waals surface area (Å²) in [5.74, 6) is -1.05. The zero-order chi connectivity index (χ0) is 13.3. The topological polar surface area (TPSA) is 52.6 Å². The van der Waals surface area contributed by atoms with Crippen LogP contribution in [0.15, 0.2) is 12.1 Å². The van der Waals surface area contributed by atoms with Crippen LogP contribution in [0.2, 0.25) is 0 Å². The summed E-state index contributed by atoms with van der Waals surface area (Å²) < 4.78 is 14.0. The minimum Gasteiger partial charge on any atom is -0.299 e. The number of hydroxylamine groups is 1. The number of carbonyl (C=O) groups is 1. The third kappa shape index (κ3) is 2.23. The number of rotatable bonds is 2. The van der Waals surface area contributed by atoms with Crippen molar-refractivity contribution in [1.82, 2.24) is 10.4 Å². The fourth-order valence-corrected chi connectivity index (χ4v) is 2.50. The van der Waals surface area contributed by atoms with Gasteiger partial charge in [0.1, 0.15) is 5.82 Å². The van der Waals surface area contributed by atoms with E-state index >= 15 is 0 Å². The van der Waals surface area contributed by atoms with Crippen LogP contribution in [0.3, 0.4) is 0 Å². The molecular formula is C13H17FN2O2. The lowest BCUT2D eigenvalue weighted by Gasteiger charge is -2.33. The van der Waals surface area contributed by atoms with Gasteiger partial charge in [-0.25, -0.2) is 9.87 Å². The highest BCUT2D eigenvalue weighted by molar-refractivity contribution is 5.93. The predicted molar refractivity (Wildman–Crippen MR) is 64.9 cm³/mol. The summed E-state index contributed by atoms with van der Waals surface area (Å²) in [6.07, 6.45) is 1.63. The number of hydrogen-bond donors (Lipinski definition) is 2. The van der Waals surface area contributed by atoms with Crippen LogP contribution < -0.4 is 5.48 Å². The molecule has 98 valence electrons. The Morgan fingerprint density at radius 2 is 2.33 bits per heavy atom. The number of carbonyl (C=O) groups excluding carboxylic acids is 1. The second kappa shape index (κ2) is 5.04. The van der Waals surface area contributed by atoms with Gasteiger partial charge in [0.2, 0.25) is 0 Å². The molecule has 1 aromatic rings. The minimum atomic E-state index is -0.683. The van der Waals surface area contributed by atoms with Crippen molar-refractivity contribution in [3.05, 3.63) is 34.6 Å². The molecule has 0 saturated heterocycles. The van der Waals surface area contributed by atoms with Crippen molar-refractivity contribution in [3.63, 3.8) is 0 Å². The van der Waals surface area contributed by atoms with Crippen LogP contribution in [0.1, 0.15) is 34.8 Å². The van der Waals surface area contributed by atoms with Crippen LogP contribution in [0.5, 0.6) is 0 Å². The van der Waals surface area contributed by atoms with Gasteiger partial charge in [0.15, 0.2) is 0 Å². The lowest BCUT2D eigenvalue weighted by molar-refractivity contribution is 0.0705. The molecule has 0 fully saturated rings. The average molecular weight is 252 g/mol.